The number of aromatic nitrogens is 5. The fourth-order valence-corrected chi connectivity index (χ4v) is 8.70. The summed E-state index contributed by atoms with van der Waals surface area (Å²) in [5.74, 6) is 0.824. The summed E-state index contributed by atoms with van der Waals surface area (Å²) in [6, 6.07) is 67.3. The van der Waals surface area contributed by atoms with Gasteiger partial charge < -0.3 is 4.57 Å². The summed E-state index contributed by atoms with van der Waals surface area (Å²) in [5, 5.41) is 5.92. The molecule has 0 bridgehead atoms. The van der Waals surface area contributed by atoms with Crippen LogP contribution in [0.15, 0.2) is 188 Å². The summed E-state index contributed by atoms with van der Waals surface area (Å²) in [6.45, 7) is 0. The first-order valence-electron chi connectivity index (χ1n) is 18.7. The first-order valence-corrected chi connectivity index (χ1v) is 18.7. The van der Waals surface area contributed by atoms with Crippen molar-refractivity contribution >= 4 is 71.2 Å². The molecular formula is C50H31N5. The molecule has 4 heterocycles. The van der Waals surface area contributed by atoms with Crippen molar-refractivity contribution in [2.45, 2.75) is 0 Å². The monoisotopic (exact) mass is 701 g/mol. The number of fused-ring (bicyclic) bond motifs is 11. The molecule has 4 aromatic heterocycles. The van der Waals surface area contributed by atoms with Gasteiger partial charge in [0, 0.05) is 32.6 Å². The van der Waals surface area contributed by atoms with Gasteiger partial charge in [-0.05, 0) is 82.9 Å². The molecule has 12 rings (SSSR count). The maximum Gasteiger partial charge on any atom is 0.221 e. The Morgan fingerprint density at radius 3 is 1.44 bits per heavy atom. The fraction of sp³-hybridized carbons (Fsp3) is 0. The summed E-state index contributed by atoms with van der Waals surface area (Å²) in [6.07, 6.45) is 0. The Balaban J connectivity index is 1.02. The van der Waals surface area contributed by atoms with Crippen molar-refractivity contribution in [3.63, 3.8) is 0 Å². The zero-order valence-corrected chi connectivity index (χ0v) is 29.6. The normalized spacial score (nSPS) is 12.0. The highest BCUT2D eigenvalue weighted by atomic mass is 15.2. The van der Waals surface area contributed by atoms with Crippen LogP contribution in [0, 0.1) is 0 Å². The maximum atomic E-state index is 5.36. The number of benzene rings is 8. The van der Waals surface area contributed by atoms with E-state index in [0.717, 1.165) is 61.4 Å². The van der Waals surface area contributed by atoms with E-state index in [-0.39, 0.29) is 0 Å². The lowest BCUT2D eigenvalue weighted by Gasteiger charge is -2.13. The van der Waals surface area contributed by atoms with E-state index in [2.05, 4.69) is 189 Å². The molecule has 0 unspecified atom stereocenters. The van der Waals surface area contributed by atoms with Gasteiger partial charge in [0.25, 0.3) is 0 Å². The molecule has 5 nitrogen and oxygen atoms in total. The second kappa shape index (κ2) is 11.5. The zero-order chi connectivity index (χ0) is 36.0. The van der Waals surface area contributed by atoms with Crippen LogP contribution in [0.25, 0.3) is 105 Å². The Bertz CT molecular complexity index is 3480. The molecule has 0 saturated carbocycles. The number of para-hydroxylation sites is 6. The molecule has 0 fully saturated rings. The van der Waals surface area contributed by atoms with Crippen LogP contribution in [0.4, 0.5) is 0 Å². The van der Waals surface area contributed by atoms with Crippen LogP contribution in [0.5, 0.6) is 0 Å². The summed E-state index contributed by atoms with van der Waals surface area (Å²) in [4.78, 5) is 10.5. The largest absolute Gasteiger partial charge is 0.309 e. The van der Waals surface area contributed by atoms with Crippen molar-refractivity contribution < 1.29 is 0 Å². The van der Waals surface area contributed by atoms with Crippen molar-refractivity contribution in [3.8, 4) is 33.9 Å². The highest BCUT2D eigenvalue weighted by Gasteiger charge is 2.20. The minimum Gasteiger partial charge on any atom is -0.309 e. The Morgan fingerprint density at radius 2 is 0.782 bits per heavy atom. The molecule has 12 aromatic rings. The number of hydrogen-bond donors (Lipinski definition) is 0. The number of hydrogen-bond acceptors (Lipinski definition) is 2. The number of rotatable bonds is 4. The van der Waals surface area contributed by atoms with E-state index in [9.17, 15) is 0 Å². The molecule has 0 aliphatic rings. The smallest absolute Gasteiger partial charge is 0.221 e. The van der Waals surface area contributed by atoms with E-state index in [1.54, 1.807) is 0 Å². The SMILES string of the molecule is c1ccc(-n2c3ccccc3c3ccc(-c4ccc(-c5ccc6c7ccccc7n(-c7nc8ccccc8c8nc9ccccc9n78)c6c5)cc4)cc32)cc1. The van der Waals surface area contributed by atoms with Crippen LogP contribution < -0.4 is 0 Å². The molecule has 0 atom stereocenters. The Hall–Kier alpha value is -7.50. The van der Waals surface area contributed by atoms with Gasteiger partial charge in [-0.2, -0.15) is 0 Å². The quantitative estimate of drug-likeness (QED) is 0.183. The summed E-state index contributed by atoms with van der Waals surface area (Å²) < 4.78 is 6.91. The van der Waals surface area contributed by atoms with Crippen LogP contribution in [-0.4, -0.2) is 23.5 Å². The summed E-state index contributed by atoms with van der Waals surface area (Å²) >= 11 is 0. The molecule has 0 spiro atoms. The molecule has 256 valence electrons. The van der Waals surface area contributed by atoms with Gasteiger partial charge in [-0.1, -0.05) is 127 Å². The van der Waals surface area contributed by atoms with Gasteiger partial charge in [-0.25, -0.2) is 9.97 Å². The van der Waals surface area contributed by atoms with Crippen LogP contribution in [0.1, 0.15) is 0 Å². The standard InChI is InChI=1S/C50H31N5/c1-2-12-36(13-3-1)53-44-19-9-5-14-37(44)39-28-26-34(30-47(39)53)32-22-24-33(25-23-32)35-27-29-40-38-15-6-10-20-45(38)54(48(40)31-35)50-52-42-17-7-4-16-41(42)49-51-43-18-8-11-21-46(43)55(49)50/h1-31H. The molecule has 0 saturated heterocycles. The van der Waals surface area contributed by atoms with E-state index in [0.29, 0.717) is 0 Å². The van der Waals surface area contributed by atoms with Crippen molar-refractivity contribution in [3.05, 3.63) is 188 Å². The first kappa shape index (κ1) is 30.0. The molecule has 8 aromatic carbocycles. The average molecular weight is 702 g/mol. The third-order valence-corrected chi connectivity index (χ3v) is 11.2. The summed E-state index contributed by atoms with van der Waals surface area (Å²) in [5.41, 5.74) is 14.3. The van der Waals surface area contributed by atoms with Gasteiger partial charge >= 0.3 is 0 Å². The van der Waals surface area contributed by atoms with Gasteiger partial charge in [-0.15, -0.1) is 0 Å². The van der Waals surface area contributed by atoms with Crippen molar-refractivity contribution in [2.75, 3.05) is 0 Å². The van der Waals surface area contributed by atoms with Gasteiger partial charge in [0.1, 0.15) is 5.65 Å². The van der Waals surface area contributed by atoms with E-state index in [1.165, 1.54) is 43.7 Å². The van der Waals surface area contributed by atoms with Crippen molar-refractivity contribution in [2.24, 2.45) is 0 Å². The average Bonchev–Trinajstić information content (AvgIpc) is 3.92. The molecule has 0 N–H and O–H groups in total. The Morgan fingerprint density at radius 1 is 0.309 bits per heavy atom. The predicted octanol–water partition coefficient (Wildman–Crippen LogP) is 12.6. The molecular weight excluding hydrogens is 671 g/mol. The molecule has 0 aliphatic carbocycles. The molecule has 0 radical (unpaired) electrons. The minimum atomic E-state index is 0.824. The summed E-state index contributed by atoms with van der Waals surface area (Å²) in [7, 11) is 0. The third-order valence-electron chi connectivity index (χ3n) is 11.2. The Kier molecular flexibility index (Phi) is 6.27. The zero-order valence-electron chi connectivity index (χ0n) is 29.6. The molecule has 0 aliphatic heterocycles. The number of nitrogens with zero attached hydrogens (tertiary/aromatic N) is 5. The van der Waals surface area contributed by atoms with Gasteiger partial charge in [0.15, 0.2) is 0 Å². The van der Waals surface area contributed by atoms with Crippen LogP contribution >= 0.6 is 0 Å². The van der Waals surface area contributed by atoms with E-state index in [1.807, 2.05) is 12.1 Å². The third kappa shape index (κ3) is 4.41. The highest BCUT2D eigenvalue weighted by Crippen LogP contribution is 2.38. The maximum absolute atomic E-state index is 5.36. The lowest BCUT2D eigenvalue weighted by atomic mass is 9.98. The minimum absolute atomic E-state index is 0.824. The lowest BCUT2D eigenvalue weighted by Crippen LogP contribution is -2.06. The molecule has 5 heteroatoms. The first-order chi connectivity index (χ1) is 27.3. The van der Waals surface area contributed by atoms with Crippen LogP contribution in [0.2, 0.25) is 0 Å². The van der Waals surface area contributed by atoms with Gasteiger partial charge in [0.2, 0.25) is 5.95 Å². The second-order valence-corrected chi connectivity index (χ2v) is 14.3. The van der Waals surface area contributed by atoms with Crippen LogP contribution in [0.3, 0.4) is 0 Å². The highest BCUT2D eigenvalue weighted by molar-refractivity contribution is 6.11. The predicted molar refractivity (Wildman–Crippen MR) is 228 cm³/mol. The topological polar surface area (TPSA) is 40.0 Å². The number of imidazole rings is 1. The van der Waals surface area contributed by atoms with Crippen LogP contribution in [-0.2, 0) is 0 Å². The Labute approximate surface area is 315 Å². The van der Waals surface area contributed by atoms with Gasteiger partial charge in [-0.3, -0.25) is 8.97 Å². The van der Waals surface area contributed by atoms with Crippen molar-refractivity contribution in [1.29, 1.82) is 0 Å². The van der Waals surface area contributed by atoms with E-state index in [4.69, 9.17) is 9.97 Å². The molecule has 55 heavy (non-hydrogen) atoms. The van der Waals surface area contributed by atoms with Gasteiger partial charge in [0.05, 0.1) is 38.6 Å². The van der Waals surface area contributed by atoms with E-state index < -0.39 is 0 Å². The fourth-order valence-electron chi connectivity index (χ4n) is 8.70. The van der Waals surface area contributed by atoms with Crippen molar-refractivity contribution in [1.82, 2.24) is 23.5 Å². The van der Waals surface area contributed by atoms with E-state index >= 15 is 0 Å². The second-order valence-electron chi connectivity index (χ2n) is 14.3. The molecule has 0 amide bonds. The lowest BCUT2D eigenvalue weighted by molar-refractivity contribution is 0.979.